The van der Waals surface area contributed by atoms with Gasteiger partial charge in [0, 0.05) is 24.0 Å². The smallest absolute Gasteiger partial charge is 0.289 e. The van der Waals surface area contributed by atoms with Crippen LogP contribution in [0, 0.1) is 12.8 Å². The molecule has 22 heavy (non-hydrogen) atoms. The van der Waals surface area contributed by atoms with Crippen LogP contribution < -0.4 is 5.73 Å². The standard InChI is InChI=1S/C16H17ClN2O3/c1-9-11-5-2-6-12(17)14(11)22-13(9)16(21)19-7-3-4-10(8-19)15(18)20/h2,5-6,10H,3-4,7-8H2,1H3,(H2,18,20). The van der Waals surface area contributed by atoms with Crippen LogP contribution in [0.5, 0.6) is 0 Å². The molecule has 1 unspecified atom stereocenters. The summed E-state index contributed by atoms with van der Waals surface area (Å²) in [5, 5.41) is 1.31. The first-order chi connectivity index (χ1) is 10.5. The van der Waals surface area contributed by atoms with Gasteiger partial charge in [-0.3, -0.25) is 9.59 Å². The number of nitrogens with two attached hydrogens (primary N) is 1. The maximum Gasteiger partial charge on any atom is 0.289 e. The fourth-order valence-corrected chi connectivity index (χ4v) is 3.16. The number of primary amides is 1. The largest absolute Gasteiger partial charge is 0.449 e. The first kappa shape index (κ1) is 14.9. The molecule has 6 heteroatoms. The minimum Gasteiger partial charge on any atom is -0.449 e. The van der Waals surface area contributed by atoms with E-state index in [1.807, 2.05) is 19.1 Å². The number of carbonyl (C=O) groups is 2. The number of nitrogens with zero attached hydrogens (tertiary/aromatic N) is 1. The summed E-state index contributed by atoms with van der Waals surface area (Å²) in [5.41, 5.74) is 6.65. The molecule has 0 spiro atoms. The zero-order valence-electron chi connectivity index (χ0n) is 12.3. The van der Waals surface area contributed by atoms with Crippen molar-refractivity contribution < 1.29 is 14.0 Å². The number of hydrogen-bond acceptors (Lipinski definition) is 3. The van der Waals surface area contributed by atoms with Crippen molar-refractivity contribution >= 4 is 34.4 Å². The highest BCUT2D eigenvalue weighted by Crippen LogP contribution is 2.32. The maximum atomic E-state index is 12.7. The molecule has 1 atom stereocenters. The minimum atomic E-state index is -0.359. The number of piperidine rings is 1. The summed E-state index contributed by atoms with van der Waals surface area (Å²) >= 11 is 6.12. The second kappa shape index (κ2) is 5.65. The van der Waals surface area contributed by atoms with Crippen LogP contribution in [0.25, 0.3) is 11.0 Å². The average Bonchev–Trinajstić information content (AvgIpc) is 2.85. The van der Waals surface area contributed by atoms with Crippen LogP contribution in [-0.2, 0) is 4.79 Å². The van der Waals surface area contributed by atoms with Crippen LogP contribution in [0.1, 0.15) is 29.0 Å². The summed E-state index contributed by atoms with van der Waals surface area (Å²) < 4.78 is 5.70. The molecular weight excluding hydrogens is 304 g/mol. The molecule has 0 bridgehead atoms. The molecule has 1 saturated heterocycles. The first-order valence-electron chi connectivity index (χ1n) is 7.25. The Labute approximate surface area is 133 Å². The molecule has 1 fully saturated rings. The normalized spacial score (nSPS) is 18.6. The van der Waals surface area contributed by atoms with Gasteiger partial charge in [-0.25, -0.2) is 0 Å². The van der Waals surface area contributed by atoms with Gasteiger partial charge >= 0.3 is 0 Å². The molecule has 116 valence electrons. The number of amides is 2. The number of aryl methyl sites for hydroxylation is 1. The van der Waals surface area contributed by atoms with Crippen molar-refractivity contribution in [3.05, 3.63) is 34.5 Å². The van der Waals surface area contributed by atoms with Crippen molar-refractivity contribution in [2.24, 2.45) is 11.7 Å². The molecule has 1 aromatic heterocycles. The molecule has 2 aromatic rings. The number of hydrogen-bond donors (Lipinski definition) is 1. The van der Waals surface area contributed by atoms with Gasteiger partial charge in [-0.15, -0.1) is 0 Å². The Morgan fingerprint density at radius 1 is 1.41 bits per heavy atom. The van der Waals surface area contributed by atoms with E-state index >= 15 is 0 Å². The number of para-hydroxylation sites is 1. The van der Waals surface area contributed by atoms with E-state index in [1.54, 1.807) is 11.0 Å². The molecule has 1 aliphatic heterocycles. The lowest BCUT2D eigenvalue weighted by atomic mass is 9.97. The topological polar surface area (TPSA) is 76.5 Å². The quantitative estimate of drug-likeness (QED) is 0.924. The molecular formula is C16H17ClN2O3. The van der Waals surface area contributed by atoms with Crippen molar-refractivity contribution in [2.45, 2.75) is 19.8 Å². The zero-order valence-corrected chi connectivity index (χ0v) is 13.0. The van der Waals surface area contributed by atoms with E-state index in [0.29, 0.717) is 23.7 Å². The van der Waals surface area contributed by atoms with Crippen LogP contribution in [0.15, 0.2) is 22.6 Å². The van der Waals surface area contributed by atoms with Crippen molar-refractivity contribution in [3.63, 3.8) is 0 Å². The Kier molecular flexibility index (Phi) is 3.83. The number of likely N-dealkylation sites (tertiary alicyclic amines) is 1. The number of carbonyl (C=O) groups excluding carboxylic acids is 2. The van der Waals surface area contributed by atoms with Crippen molar-refractivity contribution in [2.75, 3.05) is 13.1 Å². The van der Waals surface area contributed by atoms with E-state index in [0.717, 1.165) is 23.8 Å². The molecule has 1 aromatic carbocycles. The van der Waals surface area contributed by atoms with E-state index in [4.69, 9.17) is 21.8 Å². The van der Waals surface area contributed by atoms with Gasteiger partial charge in [-0.05, 0) is 25.8 Å². The monoisotopic (exact) mass is 320 g/mol. The highest BCUT2D eigenvalue weighted by molar-refractivity contribution is 6.35. The predicted octanol–water partition coefficient (Wildman–Crippen LogP) is 2.73. The van der Waals surface area contributed by atoms with Crippen LogP contribution in [0.2, 0.25) is 5.02 Å². The van der Waals surface area contributed by atoms with Gasteiger partial charge in [-0.2, -0.15) is 0 Å². The SMILES string of the molecule is Cc1c(C(=O)N2CCCC(C(N)=O)C2)oc2c(Cl)cccc12. The Morgan fingerprint density at radius 2 is 2.18 bits per heavy atom. The summed E-state index contributed by atoms with van der Waals surface area (Å²) in [6, 6.07) is 5.43. The first-order valence-corrected chi connectivity index (χ1v) is 7.63. The van der Waals surface area contributed by atoms with Gasteiger partial charge in [0.05, 0.1) is 10.9 Å². The van der Waals surface area contributed by atoms with Gasteiger partial charge in [-0.1, -0.05) is 23.7 Å². The Morgan fingerprint density at radius 3 is 2.86 bits per heavy atom. The highest BCUT2D eigenvalue weighted by Gasteiger charge is 2.30. The molecule has 2 N–H and O–H groups in total. The lowest BCUT2D eigenvalue weighted by Gasteiger charge is -2.30. The van der Waals surface area contributed by atoms with E-state index < -0.39 is 0 Å². The van der Waals surface area contributed by atoms with Crippen molar-refractivity contribution in [1.82, 2.24) is 4.90 Å². The molecule has 5 nitrogen and oxygen atoms in total. The van der Waals surface area contributed by atoms with Gasteiger partial charge in [0.25, 0.3) is 5.91 Å². The van der Waals surface area contributed by atoms with Crippen molar-refractivity contribution in [1.29, 1.82) is 0 Å². The molecule has 0 saturated carbocycles. The summed E-state index contributed by atoms with van der Waals surface area (Å²) in [4.78, 5) is 25.7. The third kappa shape index (κ3) is 2.46. The van der Waals surface area contributed by atoms with Crippen molar-refractivity contribution in [3.8, 4) is 0 Å². The second-order valence-corrected chi connectivity index (χ2v) is 6.07. The molecule has 0 radical (unpaired) electrons. The summed E-state index contributed by atoms with van der Waals surface area (Å²) in [7, 11) is 0. The number of fused-ring (bicyclic) bond motifs is 1. The summed E-state index contributed by atoms with van der Waals surface area (Å²) in [6.45, 7) is 2.79. The Balaban J connectivity index is 1.94. The minimum absolute atomic E-state index is 0.212. The average molecular weight is 321 g/mol. The zero-order chi connectivity index (χ0) is 15.9. The van der Waals surface area contributed by atoms with Crippen LogP contribution >= 0.6 is 11.6 Å². The van der Waals surface area contributed by atoms with Gasteiger partial charge < -0.3 is 15.1 Å². The van der Waals surface area contributed by atoms with Crippen LogP contribution in [-0.4, -0.2) is 29.8 Å². The van der Waals surface area contributed by atoms with E-state index in [-0.39, 0.29) is 23.5 Å². The van der Waals surface area contributed by atoms with E-state index in [1.165, 1.54) is 0 Å². The Bertz CT molecular complexity index is 753. The lowest BCUT2D eigenvalue weighted by molar-refractivity contribution is -0.123. The molecule has 3 rings (SSSR count). The second-order valence-electron chi connectivity index (χ2n) is 5.67. The molecule has 2 amide bonds. The lowest BCUT2D eigenvalue weighted by Crippen LogP contribution is -2.44. The summed E-state index contributed by atoms with van der Waals surface area (Å²) in [6.07, 6.45) is 1.49. The number of furan rings is 1. The van der Waals surface area contributed by atoms with E-state index in [9.17, 15) is 9.59 Å². The predicted molar refractivity (Wildman–Crippen MR) is 83.8 cm³/mol. The van der Waals surface area contributed by atoms with Gasteiger partial charge in [0.2, 0.25) is 5.91 Å². The Hall–Kier alpha value is -2.01. The third-order valence-electron chi connectivity index (χ3n) is 4.22. The fourth-order valence-electron chi connectivity index (χ4n) is 2.95. The number of halogens is 1. The number of rotatable bonds is 2. The molecule has 1 aliphatic rings. The van der Waals surface area contributed by atoms with Gasteiger partial charge in [0.1, 0.15) is 0 Å². The highest BCUT2D eigenvalue weighted by atomic mass is 35.5. The third-order valence-corrected chi connectivity index (χ3v) is 4.52. The molecule has 0 aliphatic carbocycles. The number of benzene rings is 1. The van der Waals surface area contributed by atoms with Gasteiger partial charge in [0.15, 0.2) is 11.3 Å². The van der Waals surface area contributed by atoms with E-state index in [2.05, 4.69) is 0 Å². The molecule has 2 heterocycles. The maximum absolute atomic E-state index is 12.7. The van der Waals surface area contributed by atoms with Crippen LogP contribution in [0.3, 0.4) is 0 Å². The fraction of sp³-hybridized carbons (Fsp3) is 0.375. The summed E-state index contributed by atoms with van der Waals surface area (Å²) in [5.74, 6) is -0.572. The van der Waals surface area contributed by atoms with Crippen LogP contribution in [0.4, 0.5) is 0 Å².